The molecule has 4 nitrogen and oxygen atoms in total. The maximum Gasteiger partial charge on any atom is 0.263 e. The van der Waals surface area contributed by atoms with Crippen LogP contribution in [0.1, 0.15) is 29.3 Å². The molecule has 1 aromatic rings. The van der Waals surface area contributed by atoms with Crippen molar-refractivity contribution in [3.63, 3.8) is 0 Å². The molecule has 0 radical (unpaired) electrons. The summed E-state index contributed by atoms with van der Waals surface area (Å²) in [6.45, 7) is 2.45. The Morgan fingerprint density at radius 3 is 2.89 bits per heavy atom. The zero-order chi connectivity index (χ0) is 14.0. The van der Waals surface area contributed by atoms with Crippen molar-refractivity contribution in [1.82, 2.24) is 9.88 Å². The van der Waals surface area contributed by atoms with E-state index in [9.17, 15) is 9.59 Å². The highest BCUT2D eigenvalue weighted by Gasteiger charge is 2.33. The van der Waals surface area contributed by atoms with Gasteiger partial charge >= 0.3 is 0 Å². The van der Waals surface area contributed by atoms with Crippen LogP contribution in [0.2, 0.25) is 0 Å². The van der Waals surface area contributed by atoms with E-state index in [-0.39, 0.29) is 11.8 Å². The minimum atomic E-state index is -0.520. The number of hydrogen-bond acceptors (Lipinski definition) is 3. The average Bonchev–Trinajstić information content (AvgIpc) is 2.41. The van der Waals surface area contributed by atoms with Gasteiger partial charge in [-0.3, -0.25) is 19.5 Å². The molecule has 2 heterocycles. The van der Waals surface area contributed by atoms with Crippen molar-refractivity contribution in [2.75, 3.05) is 6.54 Å². The molecule has 0 bridgehead atoms. The topological polar surface area (TPSA) is 50.3 Å². The van der Waals surface area contributed by atoms with E-state index in [1.807, 2.05) is 6.92 Å². The molecule has 4 atom stereocenters. The van der Waals surface area contributed by atoms with Crippen LogP contribution in [0.5, 0.6) is 0 Å². The van der Waals surface area contributed by atoms with Gasteiger partial charge in [-0.05, 0) is 25.3 Å². The molecular formula is C11H16N2O2P4. The molecule has 1 aliphatic heterocycles. The van der Waals surface area contributed by atoms with Crippen LogP contribution in [-0.4, -0.2) is 28.2 Å². The maximum absolute atomic E-state index is 12.5. The van der Waals surface area contributed by atoms with E-state index in [1.54, 1.807) is 12.3 Å². The standard InChI is InChI=1S/C11H16N2O2P4/c1-2-5-13-8(14)6-7-3-4-12-10(19(17)18-16)9(7)11(13)15/h3-4,18H,2,5-6,16-17H2,1H3. The monoisotopic (exact) mass is 332 g/mol. The summed E-state index contributed by atoms with van der Waals surface area (Å²) in [7, 11) is 5.61. The molecule has 2 amide bonds. The van der Waals surface area contributed by atoms with E-state index < -0.39 is 7.30 Å². The summed E-state index contributed by atoms with van der Waals surface area (Å²) < 4.78 is 0. The number of hydrogen-bond donors (Lipinski definition) is 0. The van der Waals surface area contributed by atoms with Crippen molar-refractivity contribution in [1.29, 1.82) is 0 Å². The van der Waals surface area contributed by atoms with Gasteiger partial charge < -0.3 is 0 Å². The van der Waals surface area contributed by atoms with E-state index in [4.69, 9.17) is 0 Å². The van der Waals surface area contributed by atoms with Gasteiger partial charge in [0.25, 0.3) is 5.91 Å². The molecule has 19 heavy (non-hydrogen) atoms. The third-order valence-electron chi connectivity index (χ3n) is 2.93. The van der Waals surface area contributed by atoms with E-state index in [2.05, 4.69) is 22.8 Å². The van der Waals surface area contributed by atoms with Crippen molar-refractivity contribution >= 4 is 50.4 Å². The average molecular weight is 332 g/mol. The van der Waals surface area contributed by atoms with Crippen LogP contribution in [0.3, 0.4) is 0 Å². The minimum Gasteiger partial charge on any atom is -0.278 e. The van der Waals surface area contributed by atoms with Gasteiger partial charge in [-0.2, -0.15) is 0 Å². The number of amides is 2. The molecule has 2 rings (SSSR count). The number of imide groups is 1. The Morgan fingerprint density at radius 1 is 1.53 bits per heavy atom. The first-order chi connectivity index (χ1) is 9.10. The van der Waals surface area contributed by atoms with Crippen LogP contribution >= 0.6 is 33.1 Å². The molecule has 102 valence electrons. The summed E-state index contributed by atoms with van der Waals surface area (Å²) in [6.07, 6.45) is 2.79. The highest BCUT2D eigenvalue weighted by Crippen LogP contribution is 2.65. The van der Waals surface area contributed by atoms with Crippen LogP contribution < -0.4 is 5.44 Å². The fourth-order valence-electron chi connectivity index (χ4n) is 2.07. The zero-order valence-corrected chi connectivity index (χ0v) is 14.8. The van der Waals surface area contributed by atoms with Crippen LogP contribution in [-0.2, 0) is 11.2 Å². The van der Waals surface area contributed by atoms with Gasteiger partial charge in [0.2, 0.25) is 5.91 Å². The Hall–Kier alpha value is 0.01000. The lowest BCUT2D eigenvalue weighted by Crippen LogP contribution is -2.45. The molecule has 0 fully saturated rings. The Morgan fingerprint density at radius 2 is 2.26 bits per heavy atom. The maximum atomic E-state index is 12.5. The second-order valence-corrected chi connectivity index (χ2v) is 13.3. The molecule has 0 N–H and O–H groups in total. The summed E-state index contributed by atoms with van der Waals surface area (Å²) in [4.78, 5) is 30.3. The number of pyridine rings is 1. The van der Waals surface area contributed by atoms with Gasteiger partial charge in [0.05, 0.1) is 17.4 Å². The van der Waals surface area contributed by atoms with Gasteiger partial charge in [0.15, 0.2) is 0 Å². The van der Waals surface area contributed by atoms with Crippen molar-refractivity contribution in [3.05, 3.63) is 23.4 Å². The third kappa shape index (κ3) is 3.03. The van der Waals surface area contributed by atoms with Gasteiger partial charge in [-0.25, -0.2) is 0 Å². The molecule has 1 aromatic heterocycles. The minimum absolute atomic E-state index is 0.0992. The first-order valence-electron chi connectivity index (χ1n) is 5.93. The van der Waals surface area contributed by atoms with E-state index in [1.165, 1.54) is 4.90 Å². The lowest BCUT2D eigenvalue weighted by Gasteiger charge is -2.28. The highest BCUT2D eigenvalue weighted by molar-refractivity contribution is 8.63. The van der Waals surface area contributed by atoms with E-state index >= 15 is 0 Å². The largest absolute Gasteiger partial charge is 0.278 e. The Balaban J connectivity index is 2.49. The number of carbonyl (C=O) groups is 2. The number of nitrogens with zero attached hydrogens (tertiary/aromatic N) is 2. The molecule has 0 aromatic carbocycles. The number of fused-ring (bicyclic) bond motifs is 1. The summed E-state index contributed by atoms with van der Waals surface area (Å²) in [6, 6.07) is 1.79. The summed E-state index contributed by atoms with van der Waals surface area (Å²) in [5.41, 5.74) is 2.33. The quantitative estimate of drug-likeness (QED) is 0.628. The second kappa shape index (κ2) is 6.64. The van der Waals surface area contributed by atoms with Crippen LogP contribution in [0.25, 0.3) is 0 Å². The first-order valence-corrected chi connectivity index (χ1v) is 12.5. The Bertz CT molecular complexity index is 523. The van der Waals surface area contributed by atoms with Crippen LogP contribution in [0.4, 0.5) is 0 Å². The molecule has 0 aliphatic carbocycles. The predicted molar refractivity (Wildman–Crippen MR) is 88.6 cm³/mol. The van der Waals surface area contributed by atoms with E-state index in [0.29, 0.717) is 26.5 Å². The molecule has 8 heteroatoms. The highest BCUT2D eigenvalue weighted by atomic mass is 32.6. The van der Waals surface area contributed by atoms with Gasteiger partial charge in [-0.15, -0.1) is 17.9 Å². The van der Waals surface area contributed by atoms with Gasteiger partial charge in [0, 0.05) is 12.7 Å². The molecular weight excluding hydrogens is 316 g/mol. The van der Waals surface area contributed by atoms with Gasteiger partial charge in [-0.1, -0.05) is 14.9 Å². The lowest BCUT2D eigenvalue weighted by atomic mass is 10.0. The molecule has 1 aliphatic rings. The summed E-state index contributed by atoms with van der Waals surface area (Å²) in [5, 5.41) is 0. The normalized spacial score (nSPS) is 17.1. The van der Waals surface area contributed by atoms with Crippen molar-refractivity contribution in [3.8, 4) is 0 Å². The van der Waals surface area contributed by atoms with Crippen molar-refractivity contribution in [2.45, 2.75) is 19.8 Å². The van der Waals surface area contributed by atoms with Crippen LogP contribution in [0.15, 0.2) is 12.3 Å². The molecule has 0 saturated heterocycles. The van der Waals surface area contributed by atoms with Crippen molar-refractivity contribution < 1.29 is 9.59 Å². The SMILES string of the molecule is CCCN1C(=O)Cc2ccnc(P(P)PP)c2C1=O. The Kier molecular flexibility index (Phi) is 5.38. The Labute approximate surface area is 120 Å². The molecule has 0 spiro atoms. The van der Waals surface area contributed by atoms with Crippen molar-refractivity contribution in [2.24, 2.45) is 0 Å². The van der Waals surface area contributed by atoms with Crippen LogP contribution in [0, 0.1) is 0 Å². The van der Waals surface area contributed by atoms with Gasteiger partial charge in [0.1, 0.15) is 0 Å². The predicted octanol–water partition coefficient (Wildman–Crippen LogP) is 2.30. The van der Waals surface area contributed by atoms with E-state index in [0.717, 1.165) is 17.4 Å². The molecule has 0 saturated carbocycles. The zero-order valence-electron chi connectivity index (χ0n) is 10.6. The third-order valence-corrected chi connectivity index (χ3v) is 12.7. The first kappa shape index (κ1) is 15.4. The summed E-state index contributed by atoms with van der Waals surface area (Å²) >= 11 is 0. The summed E-state index contributed by atoms with van der Waals surface area (Å²) in [5.74, 6) is -0.271. The smallest absolute Gasteiger partial charge is 0.263 e. The molecule has 4 unspecified atom stereocenters. The number of aromatic nitrogens is 1. The fraction of sp³-hybridized carbons (Fsp3) is 0.364. The lowest BCUT2D eigenvalue weighted by molar-refractivity contribution is -0.128. The fourth-order valence-corrected chi connectivity index (χ4v) is 5.43. The number of carbonyl (C=O) groups excluding carboxylic acids is 2. The second-order valence-electron chi connectivity index (χ2n) is 4.20. The number of rotatable bonds is 4.